The second-order valence-electron chi connectivity index (χ2n) is 4.80. The Kier molecular flexibility index (Phi) is 3.02. The summed E-state index contributed by atoms with van der Waals surface area (Å²) in [6.07, 6.45) is 5.74. The summed E-state index contributed by atoms with van der Waals surface area (Å²) in [5.41, 5.74) is -5.23. The molecule has 0 amide bonds. The SMILES string of the molecule is CC(NS(=O)(=O)C(F)(F)F)C1CC2C=CC1C2. The predicted molar refractivity (Wildman–Crippen MR) is 56.4 cm³/mol. The van der Waals surface area contributed by atoms with Crippen molar-refractivity contribution in [3.8, 4) is 0 Å². The molecule has 1 saturated carbocycles. The molecule has 98 valence electrons. The van der Waals surface area contributed by atoms with Crippen LogP contribution in [0.1, 0.15) is 19.8 Å². The molecular weight excluding hydrogens is 255 g/mol. The number of rotatable bonds is 3. The number of nitrogens with one attached hydrogen (secondary N) is 1. The van der Waals surface area contributed by atoms with Gasteiger partial charge in [0.15, 0.2) is 0 Å². The van der Waals surface area contributed by atoms with Gasteiger partial charge in [-0.25, -0.2) is 13.1 Å². The van der Waals surface area contributed by atoms with Crippen LogP contribution in [0.2, 0.25) is 0 Å². The van der Waals surface area contributed by atoms with Crippen LogP contribution in [0.25, 0.3) is 0 Å². The van der Waals surface area contributed by atoms with Gasteiger partial charge in [0, 0.05) is 6.04 Å². The lowest BCUT2D eigenvalue weighted by molar-refractivity contribution is -0.0452. The molecule has 4 unspecified atom stereocenters. The molecule has 0 aromatic rings. The third kappa shape index (κ3) is 2.35. The molecule has 2 rings (SSSR count). The predicted octanol–water partition coefficient (Wildman–Crippen LogP) is 2.03. The van der Waals surface area contributed by atoms with E-state index >= 15 is 0 Å². The van der Waals surface area contributed by atoms with E-state index in [1.165, 1.54) is 6.92 Å². The number of fused-ring (bicyclic) bond motifs is 2. The summed E-state index contributed by atoms with van der Waals surface area (Å²) < 4.78 is 60.3. The summed E-state index contributed by atoms with van der Waals surface area (Å²) in [5.74, 6) is 0.593. The van der Waals surface area contributed by atoms with Gasteiger partial charge < -0.3 is 0 Å². The highest BCUT2D eigenvalue weighted by Crippen LogP contribution is 2.45. The zero-order chi connectivity index (χ0) is 12.8. The Balaban J connectivity index is 2.03. The average molecular weight is 269 g/mol. The van der Waals surface area contributed by atoms with E-state index < -0.39 is 21.6 Å². The Bertz CT molecular complexity index is 429. The molecule has 0 aromatic heterocycles. The van der Waals surface area contributed by atoms with Gasteiger partial charge in [-0.05, 0) is 37.5 Å². The topological polar surface area (TPSA) is 46.2 Å². The van der Waals surface area contributed by atoms with Gasteiger partial charge in [-0.1, -0.05) is 12.2 Å². The van der Waals surface area contributed by atoms with Crippen molar-refractivity contribution in [2.45, 2.75) is 31.3 Å². The van der Waals surface area contributed by atoms with Crippen LogP contribution in [0.3, 0.4) is 0 Å². The molecule has 2 bridgehead atoms. The van der Waals surface area contributed by atoms with Gasteiger partial charge in [-0.3, -0.25) is 0 Å². The standard InChI is InChI=1S/C10H14F3NO2S/c1-6(14-17(15,16)10(11,12)13)9-5-7-2-3-8(9)4-7/h2-3,6-9,14H,4-5H2,1H3. The average Bonchev–Trinajstić information content (AvgIpc) is 2.75. The van der Waals surface area contributed by atoms with Crippen molar-refractivity contribution in [3.63, 3.8) is 0 Å². The quantitative estimate of drug-likeness (QED) is 0.797. The minimum Gasteiger partial charge on any atom is -0.204 e. The van der Waals surface area contributed by atoms with Crippen LogP contribution in [-0.2, 0) is 10.0 Å². The molecule has 0 radical (unpaired) electrons. The Hall–Kier alpha value is -0.560. The lowest BCUT2D eigenvalue weighted by Gasteiger charge is -2.26. The zero-order valence-electron chi connectivity index (χ0n) is 9.24. The number of sulfonamides is 1. The highest BCUT2D eigenvalue weighted by molar-refractivity contribution is 7.90. The van der Waals surface area contributed by atoms with E-state index in [0.29, 0.717) is 5.92 Å². The van der Waals surface area contributed by atoms with Crippen LogP contribution >= 0.6 is 0 Å². The number of hydrogen-bond donors (Lipinski definition) is 1. The summed E-state index contributed by atoms with van der Waals surface area (Å²) in [4.78, 5) is 0. The van der Waals surface area contributed by atoms with E-state index in [1.54, 1.807) is 4.72 Å². The fourth-order valence-electron chi connectivity index (χ4n) is 2.80. The van der Waals surface area contributed by atoms with E-state index in [9.17, 15) is 21.6 Å². The van der Waals surface area contributed by atoms with Crippen LogP contribution in [0.15, 0.2) is 12.2 Å². The van der Waals surface area contributed by atoms with Gasteiger partial charge in [0.2, 0.25) is 0 Å². The Morgan fingerprint density at radius 3 is 2.35 bits per heavy atom. The van der Waals surface area contributed by atoms with E-state index in [2.05, 4.69) is 6.08 Å². The molecular formula is C10H14F3NO2S. The fourth-order valence-corrected chi connectivity index (χ4v) is 3.59. The van der Waals surface area contributed by atoms with Gasteiger partial charge in [0.05, 0.1) is 0 Å². The van der Waals surface area contributed by atoms with Gasteiger partial charge in [-0.2, -0.15) is 13.2 Å². The highest BCUT2D eigenvalue weighted by atomic mass is 32.2. The molecule has 2 aliphatic rings. The molecule has 17 heavy (non-hydrogen) atoms. The molecule has 4 atom stereocenters. The first-order valence-electron chi connectivity index (χ1n) is 5.47. The van der Waals surface area contributed by atoms with Crippen molar-refractivity contribution < 1.29 is 21.6 Å². The van der Waals surface area contributed by atoms with E-state index in [1.807, 2.05) is 6.08 Å². The second kappa shape index (κ2) is 3.98. The van der Waals surface area contributed by atoms with E-state index in [0.717, 1.165) is 12.8 Å². The number of alkyl halides is 3. The largest absolute Gasteiger partial charge is 0.511 e. The Morgan fingerprint density at radius 1 is 1.29 bits per heavy atom. The maximum absolute atomic E-state index is 12.2. The summed E-state index contributed by atoms with van der Waals surface area (Å²) in [6.45, 7) is 1.50. The molecule has 2 aliphatic carbocycles. The lowest BCUT2D eigenvalue weighted by Crippen LogP contribution is -2.45. The zero-order valence-corrected chi connectivity index (χ0v) is 10.1. The summed E-state index contributed by atoms with van der Waals surface area (Å²) >= 11 is 0. The monoisotopic (exact) mass is 269 g/mol. The second-order valence-corrected chi connectivity index (χ2v) is 6.51. The van der Waals surface area contributed by atoms with Crippen LogP contribution in [0.4, 0.5) is 13.2 Å². The smallest absolute Gasteiger partial charge is 0.204 e. The number of hydrogen-bond acceptors (Lipinski definition) is 2. The first kappa shape index (κ1) is 12.9. The summed E-state index contributed by atoms with van der Waals surface area (Å²) in [7, 11) is -5.23. The molecule has 0 heterocycles. The maximum Gasteiger partial charge on any atom is 0.511 e. The molecule has 0 aromatic carbocycles. The molecule has 0 aliphatic heterocycles. The molecule has 1 N–H and O–H groups in total. The van der Waals surface area contributed by atoms with Gasteiger partial charge >= 0.3 is 15.5 Å². The van der Waals surface area contributed by atoms with Crippen molar-refractivity contribution >= 4 is 10.0 Å². The lowest BCUT2D eigenvalue weighted by atomic mass is 9.88. The maximum atomic E-state index is 12.2. The van der Waals surface area contributed by atoms with Crippen molar-refractivity contribution in [1.29, 1.82) is 0 Å². The molecule has 7 heteroatoms. The molecule has 0 spiro atoms. The number of halogens is 3. The van der Waals surface area contributed by atoms with Crippen molar-refractivity contribution in [2.24, 2.45) is 17.8 Å². The minimum absolute atomic E-state index is 0.0258. The van der Waals surface area contributed by atoms with Crippen LogP contribution < -0.4 is 4.72 Å². The van der Waals surface area contributed by atoms with Gasteiger partial charge in [0.1, 0.15) is 0 Å². The van der Waals surface area contributed by atoms with Crippen molar-refractivity contribution in [2.75, 3.05) is 0 Å². The summed E-state index contributed by atoms with van der Waals surface area (Å²) in [6, 6.07) is -0.679. The van der Waals surface area contributed by atoms with Gasteiger partial charge in [-0.15, -0.1) is 0 Å². The molecule has 3 nitrogen and oxygen atoms in total. The molecule has 0 saturated heterocycles. The minimum atomic E-state index is -5.23. The van der Waals surface area contributed by atoms with E-state index in [4.69, 9.17) is 0 Å². The van der Waals surface area contributed by atoms with Crippen LogP contribution in [0.5, 0.6) is 0 Å². The number of allylic oxidation sites excluding steroid dienone is 2. The normalized spacial score (nSPS) is 34.2. The first-order chi connectivity index (χ1) is 7.71. The van der Waals surface area contributed by atoms with Crippen LogP contribution in [0, 0.1) is 17.8 Å². The van der Waals surface area contributed by atoms with Crippen LogP contribution in [-0.4, -0.2) is 20.0 Å². The third-order valence-corrected chi connectivity index (χ3v) is 4.91. The first-order valence-corrected chi connectivity index (χ1v) is 6.96. The highest BCUT2D eigenvalue weighted by Gasteiger charge is 2.48. The Labute approximate surface area is 98.1 Å². The van der Waals surface area contributed by atoms with E-state index in [-0.39, 0.29) is 11.8 Å². The fraction of sp³-hybridized carbons (Fsp3) is 0.800. The van der Waals surface area contributed by atoms with Crippen molar-refractivity contribution in [3.05, 3.63) is 12.2 Å². The Morgan fingerprint density at radius 2 is 1.94 bits per heavy atom. The third-order valence-electron chi connectivity index (χ3n) is 3.62. The van der Waals surface area contributed by atoms with Crippen molar-refractivity contribution in [1.82, 2.24) is 4.72 Å². The van der Waals surface area contributed by atoms with Gasteiger partial charge in [0.25, 0.3) is 0 Å². The molecule has 1 fully saturated rings. The summed E-state index contributed by atoms with van der Waals surface area (Å²) in [5, 5.41) is 0.